The number of benzene rings is 1. The van der Waals surface area contributed by atoms with E-state index in [9.17, 15) is 4.79 Å². The monoisotopic (exact) mass is 294 g/mol. The van der Waals surface area contributed by atoms with Crippen LogP contribution in [0.2, 0.25) is 0 Å². The first-order valence-corrected chi connectivity index (χ1v) is 7.17. The van der Waals surface area contributed by atoms with Crippen LogP contribution in [0.1, 0.15) is 16.8 Å². The largest absolute Gasteiger partial charge is 0.324 e. The minimum atomic E-state index is -0.209. The van der Waals surface area contributed by atoms with Gasteiger partial charge in [-0.15, -0.1) is 0 Å². The second kappa shape index (κ2) is 5.99. The zero-order valence-corrected chi connectivity index (χ0v) is 12.4. The van der Waals surface area contributed by atoms with Gasteiger partial charge in [0.1, 0.15) is 5.65 Å². The molecule has 0 saturated carbocycles. The number of nitrogens with one attached hydrogen (secondary N) is 1. The molecule has 0 spiro atoms. The maximum atomic E-state index is 11.3. The zero-order valence-electron chi connectivity index (χ0n) is 12.4. The molecule has 1 aromatic carbocycles. The summed E-state index contributed by atoms with van der Waals surface area (Å²) in [5.74, 6) is -0.209. The Morgan fingerprint density at radius 1 is 1.27 bits per heavy atom. The van der Waals surface area contributed by atoms with E-state index in [2.05, 4.69) is 41.5 Å². The number of anilines is 1. The van der Waals surface area contributed by atoms with E-state index in [4.69, 9.17) is 5.73 Å². The van der Waals surface area contributed by atoms with Gasteiger partial charge >= 0.3 is 0 Å². The molecule has 3 aromatic rings. The van der Waals surface area contributed by atoms with Crippen LogP contribution < -0.4 is 11.1 Å². The summed E-state index contributed by atoms with van der Waals surface area (Å²) >= 11 is 0. The van der Waals surface area contributed by atoms with E-state index in [1.54, 1.807) is 0 Å². The fourth-order valence-corrected chi connectivity index (χ4v) is 2.45. The maximum absolute atomic E-state index is 11.3. The molecule has 0 fully saturated rings. The Morgan fingerprint density at radius 3 is 2.91 bits per heavy atom. The van der Waals surface area contributed by atoms with Crippen molar-refractivity contribution in [3.8, 4) is 0 Å². The number of carbonyl (C=O) groups excluding carboxylic acids is 1. The van der Waals surface area contributed by atoms with Crippen molar-refractivity contribution in [3.63, 3.8) is 0 Å². The lowest BCUT2D eigenvalue weighted by Crippen LogP contribution is -2.21. The number of fused-ring (bicyclic) bond motifs is 1. The van der Waals surface area contributed by atoms with E-state index in [1.807, 2.05) is 28.9 Å². The number of nitrogens with zero attached hydrogens (tertiary/aromatic N) is 2. The van der Waals surface area contributed by atoms with Crippen molar-refractivity contribution in [1.82, 2.24) is 9.38 Å². The summed E-state index contributed by atoms with van der Waals surface area (Å²) in [6.45, 7) is 2.06. The van der Waals surface area contributed by atoms with Gasteiger partial charge in [-0.05, 0) is 24.6 Å². The van der Waals surface area contributed by atoms with Gasteiger partial charge in [-0.1, -0.05) is 29.8 Å². The Bertz CT molecular complexity index is 822. The highest BCUT2D eigenvalue weighted by Crippen LogP contribution is 2.15. The Kier molecular flexibility index (Phi) is 3.89. The number of hydrogen-bond donors (Lipinski definition) is 2. The molecular formula is C17H18N4O. The molecule has 22 heavy (non-hydrogen) atoms. The summed E-state index contributed by atoms with van der Waals surface area (Å²) in [7, 11) is 0. The minimum absolute atomic E-state index is 0.0272. The van der Waals surface area contributed by atoms with Crippen LogP contribution in [0, 0.1) is 6.92 Å². The van der Waals surface area contributed by atoms with Gasteiger partial charge in [0.2, 0.25) is 5.91 Å². The maximum Gasteiger partial charge on any atom is 0.238 e. The Balaban J connectivity index is 1.85. The van der Waals surface area contributed by atoms with Crippen LogP contribution in [-0.4, -0.2) is 21.8 Å². The topological polar surface area (TPSA) is 72.4 Å². The second-order valence-electron chi connectivity index (χ2n) is 5.33. The van der Waals surface area contributed by atoms with Gasteiger partial charge in [0, 0.05) is 18.8 Å². The molecule has 1 amide bonds. The van der Waals surface area contributed by atoms with E-state index in [0.29, 0.717) is 5.69 Å². The number of carbonyl (C=O) groups is 1. The first-order valence-electron chi connectivity index (χ1n) is 7.17. The lowest BCUT2D eigenvalue weighted by atomic mass is 10.1. The van der Waals surface area contributed by atoms with Crippen LogP contribution in [0.25, 0.3) is 5.65 Å². The normalized spacial score (nSPS) is 10.8. The lowest BCUT2D eigenvalue weighted by Gasteiger charge is -2.03. The Hall–Kier alpha value is -2.66. The molecule has 5 heteroatoms. The smallest absolute Gasteiger partial charge is 0.238 e. The van der Waals surface area contributed by atoms with Crippen molar-refractivity contribution in [2.75, 3.05) is 11.9 Å². The molecule has 0 aliphatic heterocycles. The van der Waals surface area contributed by atoms with Gasteiger partial charge in [0.25, 0.3) is 0 Å². The van der Waals surface area contributed by atoms with Crippen molar-refractivity contribution in [2.24, 2.45) is 5.73 Å². The van der Waals surface area contributed by atoms with E-state index in [-0.39, 0.29) is 12.5 Å². The summed E-state index contributed by atoms with van der Waals surface area (Å²) in [5, 5.41) is 2.74. The van der Waals surface area contributed by atoms with Crippen molar-refractivity contribution in [1.29, 1.82) is 0 Å². The van der Waals surface area contributed by atoms with Gasteiger partial charge < -0.3 is 15.5 Å². The van der Waals surface area contributed by atoms with Crippen LogP contribution in [0.15, 0.2) is 48.8 Å². The molecule has 5 nitrogen and oxygen atoms in total. The lowest BCUT2D eigenvalue weighted by molar-refractivity contribution is -0.114. The Labute approximate surface area is 128 Å². The fourth-order valence-electron chi connectivity index (χ4n) is 2.45. The van der Waals surface area contributed by atoms with Crippen LogP contribution in [-0.2, 0) is 11.2 Å². The molecule has 112 valence electrons. The Morgan fingerprint density at radius 2 is 2.14 bits per heavy atom. The van der Waals surface area contributed by atoms with Crippen molar-refractivity contribution in [3.05, 3.63) is 65.6 Å². The van der Waals surface area contributed by atoms with Gasteiger partial charge in [0.05, 0.1) is 17.9 Å². The van der Waals surface area contributed by atoms with Gasteiger partial charge in [0.15, 0.2) is 0 Å². The predicted octanol–water partition coefficient (Wildman–Crippen LogP) is 2.13. The second-order valence-corrected chi connectivity index (χ2v) is 5.33. The average molecular weight is 294 g/mol. The first-order chi connectivity index (χ1) is 10.6. The number of aryl methyl sites for hydroxylation is 1. The van der Waals surface area contributed by atoms with Crippen molar-refractivity contribution in [2.45, 2.75) is 13.3 Å². The van der Waals surface area contributed by atoms with Crippen molar-refractivity contribution < 1.29 is 4.79 Å². The van der Waals surface area contributed by atoms with Gasteiger partial charge in [-0.2, -0.15) is 0 Å². The van der Waals surface area contributed by atoms with E-state index in [1.165, 1.54) is 11.1 Å². The van der Waals surface area contributed by atoms with Crippen LogP contribution in [0.5, 0.6) is 0 Å². The number of pyridine rings is 1. The predicted molar refractivity (Wildman–Crippen MR) is 86.9 cm³/mol. The number of hydrogen-bond acceptors (Lipinski definition) is 3. The third-order valence-electron chi connectivity index (χ3n) is 3.44. The average Bonchev–Trinajstić information content (AvgIpc) is 2.88. The van der Waals surface area contributed by atoms with Crippen LogP contribution in [0.4, 0.5) is 5.69 Å². The van der Waals surface area contributed by atoms with Crippen molar-refractivity contribution >= 4 is 17.2 Å². The van der Waals surface area contributed by atoms with Gasteiger partial charge in [-0.3, -0.25) is 4.79 Å². The molecule has 0 aliphatic rings. The number of imidazole rings is 1. The van der Waals surface area contributed by atoms with E-state index < -0.39 is 0 Å². The molecule has 0 atom stereocenters. The summed E-state index contributed by atoms with van der Waals surface area (Å²) in [6.07, 6.45) is 4.61. The van der Waals surface area contributed by atoms with Crippen LogP contribution >= 0.6 is 0 Å². The summed E-state index contributed by atoms with van der Waals surface area (Å²) < 4.78 is 1.91. The number of rotatable bonds is 4. The molecule has 0 unspecified atom stereocenters. The zero-order chi connectivity index (χ0) is 15.5. The quantitative estimate of drug-likeness (QED) is 0.774. The highest BCUT2D eigenvalue weighted by Gasteiger charge is 2.05. The molecule has 2 aromatic heterocycles. The number of amides is 1. The summed E-state index contributed by atoms with van der Waals surface area (Å²) in [6, 6.07) is 12.1. The highest BCUT2D eigenvalue weighted by molar-refractivity contribution is 5.92. The SMILES string of the molecule is Cc1cccc(Cc2cn3cc(NC(=O)CN)ccc3n2)c1. The van der Waals surface area contributed by atoms with E-state index >= 15 is 0 Å². The number of nitrogens with two attached hydrogens (primary N) is 1. The molecule has 0 saturated heterocycles. The standard InChI is InChI=1S/C17H18N4O/c1-12-3-2-4-13(7-12)8-15-11-21-10-14(20-17(22)9-18)5-6-16(21)19-15/h2-7,10-11H,8-9,18H2,1H3,(H,20,22). The summed E-state index contributed by atoms with van der Waals surface area (Å²) in [4.78, 5) is 15.9. The third-order valence-corrected chi connectivity index (χ3v) is 3.44. The fraction of sp³-hybridized carbons (Fsp3) is 0.176. The third kappa shape index (κ3) is 3.15. The molecule has 0 bridgehead atoms. The number of aromatic nitrogens is 2. The molecule has 3 N–H and O–H groups in total. The molecular weight excluding hydrogens is 276 g/mol. The summed E-state index contributed by atoms with van der Waals surface area (Å²) in [5.41, 5.74) is 10.3. The molecule has 2 heterocycles. The molecule has 0 radical (unpaired) electrons. The minimum Gasteiger partial charge on any atom is -0.324 e. The highest BCUT2D eigenvalue weighted by atomic mass is 16.1. The first kappa shape index (κ1) is 14.3. The van der Waals surface area contributed by atoms with Crippen LogP contribution in [0.3, 0.4) is 0 Å². The molecule has 0 aliphatic carbocycles. The van der Waals surface area contributed by atoms with E-state index in [0.717, 1.165) is 17.8 Å². The molecule has 3 rings (SSSR count). The van der Waals surface area contributed by atoms with Gasteiger partial charge in [-0.25, -0.2) is 4.98 Å².